The molecular weight excluding hydrogens is 202 g/mol. The number of carbonyl (C=O) groups is 1. The van der Waals surface area contributed by atoms with Crippen LogP contribution in [-0.4, -0.2) is 17.8 Å². The highest BCUT2D eigenvalue weighted by atomic mass is 19.3. The van der Waals surface area contributed by atoms with Crippen molar-refractivity contribution in [1.29, 1.82) is 0 Å². The molecule has 78 valence electrons. The third-order valence-electron chi connectivity index (χ3n) is 1.52. The van der Waals surface area contributed by atoms with E-state index >= 15 is 0 Å². The van der Waals surface area contributed by atoms with Crippen molar-refractivity contribution in [2.45, 2.75) is 18.8 Å². The second kappa shape index (κ2) is 3.11. The lowest BCUT2D eigenvalue weighted by atomic mass is 10.1. The first-order valence-electron chi connectivity index (χ1n) is 3.70. The highest BCUT2D eigenvalue weighted by Gasteiger charge is 2.40. The Morgan fingerprint density at radius 3 is 2.36 bits per heavy atom. The van der Waals surface area contributed by atoms with Crippen molar-refractivity contribution in [2.24, 2.45) is 0 Å². The predicted molar refractivity (Wildman–Crippen MR) is 40.9 cm³/mol. The van der Waals surface area contributed by atoms with Crippen LogP contribution >= 0.6 is 0 Å². The highest BCUT2D eigenvalue weighted by molar-refractivity contribution is 5.75. The van der Waals surface area contributed by atoms with Gasteiger partial charge in [0.1, 0.15) is 0 Å². The summed E-state index contributed by atoms with van der Waals surface area (Å²) in [5, 5.41) is 1.67. The van der Waals surface area contributed by atoms with E-state index in [9.17, 15) is 22.4 Å². The van der Waals surface area contributed by atoms with Crippen LogP contribution in [0.3, 0.4) is 0 Å². The molecule has 0 atom stereocenters. The fourth-order valence-corrected chi connectivity index (χ4v) is 0.951. The van der Waals surface area contributed by atoms with Crippen LogP contribution in [-0.2, 0) is 4.79 Å². The van der Waals surface area contributed by atoms with Crippen molar-refractivity contribution in [3.05, 3.63) is 23.9 Å². The Balaban J connectivity index is 2.98. The van der Waals surface area contributed by atoms with Crippen molar-refractivity contribution in [2.75, 3.05) is 0 Å². The lowest BCUT2D eigenvalue weighted by Crippen LogP contribution is -2.36. The number of allylic oxidation sites excluding steroid dienone is 3. The molecule has 1 rings (SSSR count). The normalized spacial score (nSPS) is 22.8. The van der Waals surface area contributed by atoms with Gasteiger partial charge < -0.3 is 5.32 Å². The van der Waals surface area contributed by atoms with Crippen LogP contribution in [0.25, 0.3) is 0 Å². The molecule has 0 heterocycles. The smallest absolute Gasteiger partial charge is 0.306 e. The summed E-state index contributed by atoms with van der Waals surface area (Å²) in [4.78, 5) is 10.5. The number of alkyl halides is 4. The Morgan fingerprint density at radius 2 is 1.86 bits per heavy atom. The quantitative estimate of drug-likeness (QED) is 0.518. The van der Waals surface area contributed by atoms with Crippen LogP contribution in [0.1, 0.15) is 6.92 Å². The van der Waals surface area contributed by atoms with E-state index in [1.807, 2.05) is 0 Å². The van der Waals surface area contributed by atoms with Gasteiger partial charge >= 0.3 is 5.92 Å². The summed E-state index contributed by atoms with van der Waals surface area (Å²) in [5.74, 6) is -7.81. The Morgan fingerprint density at radius 1 is 1.29 bits per heavy atom. The molecule has 0 unspecified atom stereocenters. The first-order chi connectivity index (χ1) is 6.23. The van der Waals surface area contributed by atoms with Gasteiger partial charge in [0, 0.05) is 13.0 Å². The number of nitrogens with one attached hydrogen (secondary N) is 1. The average Bonchev–Trinajstić information content (AvgIpc) is 1.97. The molecule has 0 bridgehead atoms. The van der Waals surface area contributed by atoms with Gasteiger partial charge in [0.15, 0.2) is 0 Å². The minimum atomic E-state index is -3.55. The van der Waals surface area contributed by atoms with E-state index in [0.717, 1.165) is 6.92 Å². The molecule has 1 N–H and O–H groups in total. The molecule has 0 aromatic heterocycles. The van der Waals surface area contributed by atoms with Gasteiger partial charge in [-0.25, -0.2) is 0 Å². The summed E-state index contributed by atoms with van der Waals surface area (Å²) in [6.07, 6.45) is 0.199. The molecular formula is C8H7F4NO. The predicted octanol–water partition coefficient (Wildman–Crippen LogP) is 1.85. The minimum Gasteiger partial charge on any atom is -0.324 e. The summed E-state index contributed by atoms with van der Waals surface area (Å²) in [7, 11) is 0. The molecule has 0 radical (unpaired) electrons. The van der Waals surface area contributed by atoms with Crippen molar-refractivity contribution >= 4 is 5.91 Å². The summed E-state index contributed by atoms with van der Waals surface area (Å²) < 4.78 is 50.9. The van der Waals surface area contributed by atoms with Gasteiger partial charge in [0.25, 0.3) is 5.92 Å². The first kappa shape index (κ1) is 10.7. The second-order valence-electron chi connectivity index (χ2n) is 2.87. The largest absolute Gasteiger partial charge is 0.324 e. The molecule has 0 aromatic rings. The van der Waals surface area contributed by atoms with Crippen molar-refractivity contribution in [1.82, 2.24) is 5.32 Å². The second-order valence-corrected chi connectivity index (χ2v) is 2.87. The van der Waals surface area contributed by atoms with Crippen LogP contribution in [0.15, 0.2) is 23.9 Å². The summed E-state index contributed by atoms with van der Waals surface area (Å²) in [6, 6.07) is 0. The molecule has 1 amide bonds. The molecule has 0 saturated heterocycles. The maximum atomic E-state index is 12.9. The Bertz CT molecular complexity index is 319. The topological polar surface area (TPSA) is 29.1 Å². The van der Waals surface area contributed by atoms with Crippen LogP contribution in [0.2, 0.25) is 0 Å². The molecule has 0 spiro atoms. The molecule has 0 saturated carbocycles. The molecule has 0 aliphatic heterocycles. The van der Waals surface area contributed by atoms with E-state index in [-0.39, 0.29) is 18.2 Å². The SMILES string of the molecule is CC(=O)NC1=CC(F)(F)C=CC1(F)F. The molecule has 6 heteroatoms. The Kier molecular flexibility index (Phi) is 2.39. The van der Waals surface area contributed by atoms with Crippen LogP contribution < -0.4 is 5.32 Å². The molecule has 0 fully saturated rings. The Hall–Kier alpha value is -1.33. The zero-order valence-corrected chi connectivity index (χ0v) is 7.15. The van der Waals surface area contributed by atoms with Crippen molar-refractivity contribution in [3.8, 4) is 0 Å². The maximum Gasteiger partial charge on any atom is 0.306 e. The van der Waals surface area contributed by atoms with Gasteiger partial charge in [-0.2, -0.15) is 17.6 Å². The lowest BCUT2D eigenvalue weighted by Gasteiger charge is -2.23. The lowest BCUT2D eigenvalue weighted by molar-refractivity contribution is -0.119. The maximum absolute atomic E-state index is 12.9. The molecule has 0 aromatic carbocycles. The minimum absolute atomic E-state index is 0.0361. The third-order valence-corrected chi connectivity index (χ3v) is 1.52. The number of hydrogen-bond donors (Lipinski definition) is 1. The van der Waals surface area contributed by atoms with Gasteiger partial charge in [-0.1, -0.05) is 0 Å². The standard InChI is InChI=1S/C8H7F4NO/c1-5(14)13-6-4-7(9,10)2-3-8(6,11)12/h2-4H,1H3,(H,13,14). The van der Waals surface area contributed by atoms with E-state index < -0.39 is 23.4 Å². The van der Waals surface area contributed by atoms with Crippen molar-refractivity contribution in [3.63, 3.8) is 0 Å². The first-order valence-corrected chi connectivity index (χ1v) is 3.70. The van der Waals surface area contributed by atoms with Gasteiger partial charge in [0.2, 0.25) is 5.91 Å². The summed E-state index contributed by atoms with van der Waals surface area (Å²) in [6.45, 7) is 0.966. The van der Waals surface area contributed by atoms with Gasteiger partial charge in [-0.05, 0) is 12.2 Å². The number of carbonyl (C=O) groups excluding carboxylic acids is 1. The van der Waals surface area contributed by atoms with Crippen LogP contribution in [0.5, 0.6) is 0 Å². The summed E-state index contributed by atoms with van der Waals surface area (Å²) in [5.41, 5.74) is -1.09. The van der Waals surface area contributed by atoms with E-state index in [1.165, 1.54) is 0 Å². The van der Waals surface area contributed by atoms with E-state index in [1.54, 1.807) is 5.32 Å². The summed E-state index contributed by atoms with van der Waals surface area (Å²) >= 11 is 0. The van der Waals surface area contributed by atoms with Crippen LogP contribution in [0.4, 0.5) is 17.6 Å². The van der Waals surface area contributed by atoms with E-state index in [0.29, 0.717) is 0 Å². The van der Waals surface area contributed by atoms with Crippen molar-refractivity contribution < 1.29 is 22.4 Å². The van der Waals surface area contributed by atoms with E-state index in [4.69, 9.17) is 0 Å². The Labute approximate surface area is 77.3 Å². The van der Waals surface area contributed by atoms with Crippen LogP contribution in [0, 0.1) is 0 Å². The molecule has 1 aliphatic rings. The average molecular weight is 209 g/mol. The molecule has 1 aliphatic carbocycles. The third kappa shape index (κ3) is 2.34. The number of amides is 1. The zero-order valence-electron chi connectivity index (χ0n) is 7.15. The van der Waals surface area contributed by atoms with Gasteiger partial charge in [0.05, 0.1) is 5.70 Å². The number of hydrogen-bond acceptors (Lipinski definition) is 1. The molecule has 2 nitrogen and oxygen atoms in total. The fraction of sp³-hybridized carbons (Fsp3) is 0.375. The highest BCUT2D eigenvalue weighted by Crippen LogP contribution is 2.34. The molecule has 14 heavy (non-hydrogen) atoms. The van der Waals surface area contributed by atoms with Gasteiger partial charge in [-0.3, -0.25) is 4.79 Å². The monoisotopic (exact) mass is 209 g/mol. The van der Waals surface area contributed by atoms with Gasteiger partial charge in [-0.15, -0.1) is 0 Å². The fourth-order valence-electron chi connectivity index (χ4n) is 0.951. The zero-order chi connectivity index (χ0) is 11.0. The number of halogens is 4. The van der Waals surface area contributed by atoms with E-state index in [2.05, 4.69) is 0 Å². The number of rotatable bonds is 1.